The van der Waals surface area contributed by atoms with Crippen molar-refractivity contribution >= 4 is 23.4 Å². The van der Waals surface area contributed by atoms with Crippen LogP contribution in [0.5, 0.6) is 5.75 Å². The smallest absolute Gasteiger partial charge is 0.258 e. The molecule has 2 aliphatic rings. The lowest BCUT2D eigenvalue weighted by Gasteiger charge is -2.29. The average molecular weight is 435 g/mol. The number of halogens is 1. The second-order valence-corrected chi connectivity index (χ2v) is 7.78. The monoisotopic (exact) mass is 435 g/mol. The number of hydrogen-bond acceptors (Lipinski definition) is 6. The van der Waals surface area contributed by atoms with Crippen molar-refractivity contribution in [3.8, 4) is 5.75 Å². The topological polar surface area (TPSA) is 122 Å². The first-order chi connectivity index (χ1) is 15.5. The molecule has 1 aromatic carbocycles. The number of amidine groups is 1. The van der Waals surface area contributed by atoms with Crippen molar-refractivity contribution in [1.82, 2.24) is 19.7 Å². The predicted octanol–water partition coefficient (Wildman–Crippen LogP) is 2.81. The van der Waals surface area contributed by atoms with E-state index in [1.807, 2.05) is 4.90 Å². The van der Waals surface area contributed by atoms with Crippen LogP contribution in [0.15, 0.2) is 42.7 Å². The number of carbonyl (C=O) groups excluding carboxylic acids is 1. The van der Waals surface area contributed by atoms with Crippen LogP contribution in [0.2, 0.25) is 0 Å². The maximum Gasteiger partial charge on any atom is 0.258 e. The molecule has 1 atom stereocenters. The van der Waals surface area contributed by atoms with Crippen LogP contribution in [0.25, 0.3) is 0 Å². The summed E-state index contributed by atoms with van der Waals surface area (Å²) in [5, 5.41) is 15.9. The zero-order chi connectivity index (χ0) is 22.2. The summed E-state index contributed by atoms with van der Waals surface area (Å²) in [6, 6.07) is 7.44. The third-order valence-corrected chi connectivity index (χ3v) is 5.83. The summed E-state index contributed by atoms with van der Waals surface area (Å²) in [7, 11) is 0. The van der Waals surface area contributed by atoms with Gasteiger partial charge in [-0.25, -0.2) is 14.1 Å². The molecule has 5 rings (SSSR count). The van der Waals surface area contributed by atoms with Crippen LogP contribution in [0.1, 0.15) is 40.4 Å². The van der Waals surface area contributed by atoms with Crippen molar-refractivity contribution in [2.75, 3.05) is 24.2 Å². The minimum atomic E-state index is -0.382. The van der Waals surface area contributed by atoms with Gasteiger partial charge in [-0.1, -0.05) is 0 Å². The van der Waals surface area contributed by atoms with Gasteiger partial charge in [0.15, 0.2) is 0 Å². The summed E-state index contributed by atoms with van der Waals surface area (Å²) in [6.45, 7) is 1.26. The molecule has 3 aromatic rings. The lowest BCUT2D eigenvalue weighted by molar-refractivity contribution is 0.102. The van der Waals surface area contributed by atoms with E-state index in [0.717, 1.165) is 12.8 Å². The van der Waals surface area contributed by atoms with Gasteiger partial charge in [-0.2, -0.15) is 5.10 Å². The van der Waals surface area contributed by atoms with Crippen molar-refractivity contribution in [2.24, 2.45) is 0 Å². The SMILES string of the molecule is N=C1c2cc(cnc2N)C(=O)Nc2ccnn2CCOc2ccc(F)cc2[C@H]2CCCN12. The molecular weight excluding hydrogens is 413 g/mol. The standard InChI is InChI=1S/C22H22FN7O2/c23-14-3-4-18-15(11-14)17-2-1-7-29(17)21(25)16-10-13(12-26-20(16)24)22(31)28-19-5-6-27-30(19)8-9-32-18/h3-6,10-12,17,25H,1-2,7-9H2,(H2,24,26)(H,28,31)/t17-/m1/s1. The predicted molar refractivity (Wildman–Crippen MR) is 116 cm³/mol. The molecule has 9 nitrogen and oxygen atoms in total. The maximum atomic E-state index is 14.2. The fraction of sp³-hybridized carbons (Fsp3) is 0.273. The summed E-state index contributed by atoms with van der Waals surface area (Å²) in [5.74, 6) is 0.610. The van der Waals surface area contributed by atoms with Gasteiger partial charge in [-0.3, -0.25) is 10.2 Å². The number of fused-ring (bicyclic) bond motifs is 6. The molecule has 0 spiro atoms. The fourth-order valence-electron chi connectivity index (χ4n) is 4.26. The Morgan fingerprint density at radius 3 is 3.00 bits per heavy atom. The number of carbonyl (C=O) groups is 1. The molecule has 4 heterocycles. The molecule has 4 N–H and O–H groups in total. The van der Waals surface area contributed by atoms with Crippen LogP contribution in [0, 0.1) is 11.2 Å². The van der Waals surface area contributed by atoms with Crippen molar-refractivity contribution in [2.45, 2.75) is 25.4 Å². The Bertz CT molecular complexity index is 1210. The van der Waals surface area contributed by atoms with E-state index < -0.39 is 0 Å². The summed E-state index contributed by atoms with van der Waals surface area (Å²) >= 11 is 0. The fourth-order valence-corrected chi connectivity index (χ4v) is 4.26. The second kappa shape index (κ2) is 7.95. The molecule has 2 aliphatic heterocycles. The van der Waals surface area contributed by atoms with Crippen LogP contribution < -0.4 is 15.8 Å². The minimum Gasteiger partial charge on any atom is -0.491 e. The van der Waals surface area contributed by atoms with Crippen molar-refractivity contribution < 1.29 is 13.9 Å². The first kappa shape index (κ1) is 20.0. The van der Waals surface area contributed by atoms with Gasteiger partial charge in [0.1, 0.15) is 35.6 Å². The molecule has 2 aromatic heterocycles. The highest BCUT2D eigenvalue weighted by atomic mass is 19.1. The number of amides is 1. The number of anilines is 2. The van der Waals surface area contributed by atoms with Gasteiger partial charge in [0, 0.05) is 24.4 Å². The number of aromatic nitrogens is 3. The summed E-state index contributed by atoms with van der Waals surface area (Å²) in [4.78, 5) is 18.9. The highest BCUT2D eigenvalue weighted by Gasteiger charge is 2.32. The molecule has 164 valence electrons. The summed E-state index contributed by atoms with van der Waals surface area (Å²) < 4.78 is 21.8. The first-order valence-corrected chi connectivity index (χ1v) is 10.4. The molecule has 2 bridgehead atoms. The number of nitrogen functional groups attached to an aromatic ring is 1. The molecule has 0 aliphatic carbocycles. The lowest BCUT2D eigenvalue weighted by Crippen LogP contribution is -2.32. The van der Waals surface area contributed by atoms with E-state index in [0.29, 0.717) is 35.8 Å². The first-order valence-electron chi connectivity index (χ1n) is 10.4. The lowest BCUT2D eigenvalue weighted by atomic mass is 10.0. The van der Waals surface area contributed by atoms with Gasteiger partial charge < -0.3 is 20.7 Å². The third-order valence-electron chi connectivity index (χ3n) is 5.83. The Labute approximate surface area is 183 Å². The number of pyridine rings is 1. The second-order valence-electron chi connectivity index (χ2n) is 7.78. The van der Waals surface area contributed by atoms with E-state index in [4.69, 9.17) is 15.9 Å². The third kappa shape index (κ3) is 3.53. The molecule has 0 saturated carbocycles. The number of hydrogen-bond donors (Lipinski definition) is 3. The van der Waals surface area contributed by atoms with Gasteiger partial charge >= 0.3 is 0 Å². The molecule has 1 amide bonds. The quantitative estimate of drug-likeness (QED) is 0.499. The van der Waals surface area contributed by atoms with Gasteiger partial charge in [0.25, 0.3) is 5.91 Å². The van der Waals surface area contributed by atoms with Gasteiger partial charge in [0.05, 0.1) is 29.9 Å². The summed E-state index contributed by atoms with van der Waals surface area (Å²) in [6.07, 6.45) is 4.53. The Morgan fingerprint density at radius 1 is 1.25 bits per heavy atom. The molecular formula is C22H22FN7O2. The van der Waals surface area contributed by atoms with Crippen molar-refractivity contribution in [3.63, 3.8) is 0 Å². The van der Waals surface area contributed by atoms with Crippen LogP contribution >= 0.6 is 0 Å². The van der Waals surface area contributed by atoms with E-state index in [-0.39, 0.29) is 41.6 Å². The molecule has 1 fully saturated rings. The number of nitrogens with zero attached hydrogens (tertiary/aromatic N) is 4. The average Bonchev–Trinajstić information content (AvgIpc) is 3.44. The molecule has 1 saturated heterocycles. The van der Waals surface area contributed by atoms with Crippen LogP contribution in [-0.4, -0.2) is 44.6 Å². The highest BCUT2D eigenvalue weighted by molar-refractivity contribution is 6.07. The van der Waals surface area contributed by atoms with Gasteiger partial charge in [-0.15, -0.1) is 0 Å². The Hall–Kier alpha value is -3.95. The van der Waals surface area contributed by atoms with E-state index in [9.17, 15) is 9.18 Å². The van der Waals surface area contributed by atoms with Gasteiger partial charge in [0.2, 0.25) is 0 Å². The van der Waals surface area contributed by atoms with Crippen LogP contribution in [-0.2, 0) is 6.54 Å². The number of rotatable bonds is 0. The van der Waals surface area contributed by atoms with Crippen LogP contribution in [0.4, 0.5) is 16.0 Å². The minimum absolute atomic E-state index is 0.141. The van der Waals surface area contributed by atoms with E-state index in [2.05, 4.69) is 15.4 Å². The molecule has 0 unspecified atom stereocenters. The largest absolute Gasteiger partial charge is 0.491 e. The van der Waals surface area contributed by atoms with E-state index in [1.165, 1.54) is 18.3 Å². The number of ether oxygens (including phenoxy) is 1. The normalized spacial score (nSPS) is 18.5. The number of nitrogens with one attached hydrogen (secondary N) is 2. The van der Waals surface area contributed by atoms with Gasteiger partial charge in [-0.05, 0) is 37.1 Å². The van der Waals surface area contributed by atoms with Crippen LogP contribution in [0.3, 0.4) is 0 Å². The zero-order valence-electron chi connectivity index (χ0n) is 17.2. The van der Waals surface area contributed by atoms with Crippen molar-refractivity contribution in [3.05, 3.63) is 65.2 Å². The number of benzene rings is 1. The van der Waals surface area contributed by atoms with Crippen molar-refractivity contribution in [1.29, 1.82) is 5.41 Å². The maximum absolute atomic E-state index is 14.2. The van der Waals surface area contributed by atoms with E-state index in [1.54, 1.807) is 29.1 Å². The highest BCUT2D eigenvalue weighted by Crippen LogP contribution is 2.39. The Balaban J connectivity index is 1.63. The molecule has 0 radical (unpaired) electrons. The molecule has 10 heteroatoms. The van der Waals surface area contributed by atoms with E-state index >= 15 is 0 Å². The Kier molecular flexibility index (Phi) is 4.96. The number of nitrogens with two attached hydrogens (primary N) is 1. The summed E-state index contributed by atoms with van der Waals surface area (Å²) in [5.41, 5.74) is 7.40. The Morgan fingerprint density at radius 2 is 2.12 bits per heavy atom. The zero-order valence-corrected chi connectivity index (χ0v) is 17.2. The molecule has 32 heavy (non-hydrogen) atoms.